The lowest BCUT2D eigenvalue weighted by atomic mass is 10.2. The summed E-state index contributed by atoms with van der Waals surface area (Å²) in [4.78, 5) is 12.2. The SMILES string of the molecule is COc1ccc(Cn2nnnc2SCC(=O)Nc2ccc(Br)cc2Cl)cc1. The van der Waals surface area contributed by atoms with E-state index in [1.165, 1.54) is 11.8 Å². The standard InChI is InChI=1S/C17H15BrClN5O2S/c1-26-13-5-2-11(3-6-13)9-24-17(21-22-23-24)27-10-16(25)20-15-7-4-12(18)8-14(15)19/h2-8H,9-10H2,1H3,(H,20,25). The highest BCUT2D eigenvalue weighted by molar-refractivity contribution is 9.10. The van der Waals surface area contributed by atoms with Crippen LogP contribution < -0.4 is 10.1 Å². The monoisotopic (exact) mass is 467 g/mol. The van der Waals surface area contributed by atoms with Crippen molar-refractivity contribution in [1.82, 2.24) is 20.2 Å². The fourth-order valence-corrected chi connectivity index (χ4v) is 3.61. The molecule has 0 radical (unpaired) electrons. The van der Waals surface area contributed by atoms with Gasteiger partial charge >= 0.3 is 0 Å². The summed E-state index contributed by atoms with van der Waals surface area (Å²) in [6.07, 6.45) is 0. The summed E-state index contributed by atoms with van der Waals surface area (Å²) < 4.78 is 7.64. The second-order valence-electron chi connectivity index (χ2n) is 5.43. The van der Waals surface area contributed by atoms with Crippen LogP contribution in [0.2, 0.25) is 5.02 Å². The number of aromatic nitrogens is 4. The molecular formula is C17H15BrClN5O2S. The van der Waals surface area contributed by atoms with Crippen LogP contribution in [0.1, 0.15) is 5.56 Å². The van der Waals surface area contributed by atoms with Gasteiger partial charge in [-0.1, -0.05) is 51.4 Å². The lowest BCUT2D eigenvalue weighted by Crippen LogP contribution is -2.15. The van der Waals surface area contributed by atoms with Crippen molar-refractivity contribution in [2.75, 3.05) is 18.2 Å². The van der Waals surface area contributed by atoms with E-state index in [0.717, 1.165) is 15.8 Å². The predicted molar refractivity (Wildman–Crippen MR) is 108 cm³/mol. The summed E-state index contributed by atoms with van der Waals surface area (Å²) in [5.74, 6) is 0.756. The molecule has 0 saturated carbocycles. The number of hydrogen-bond acceptors (Lipinski definition) is 6. The van der Waals surface area contributed by atoms with Gasteiger partial charge in [-0.2, -0.15) is 0 Å². The molecule has 0 aliphatic rings. The van der Waals surface area contributed by atoms with Gasteiger partial charge in [-0.25, -0.2) is 4.68 Å². The number of benzene rings is 2. The van der Waals surface area contributed by atoms with E-state index in [1.54, 1.807) is 23.9 Å². The molecule has 10 heteroatoms. The van der Waals surface area contributed by atoms with E-state index < -0.39 is 0 Å². The number of nitrogens with one attached hydrogen (secondary N) is 1. The summed E-state index contributed by atoms with van der Waals surface area (Å²) in [7, 11) is 1.62. The molecule has 27 heavy (non-hydrogen) atoms. The molecule has 0 unspecified atom stereocenters. The van der Waals surface area contributed by atoms with Crippen LogP contribution in [0.4, 0.5) is 5.69 Å². The maximum absolute atomic E-state index is 12.2. The van der Waals surface area contributed by atoms with Gasteiger partial charge in [0.25, 0.3) is 0 Å². The number of carbonyl (C=O) groups is 1. The zero-order chi connectivity index (χ0) is 19.2. The highest BCUT2D eigenvalue weighted by atomic mass is 79.9. The first kappa shape index (κ1) is 19.7. The topological polar surface area (TPSA) is 81.9 Å². The van der Waals surface area contributed by atoms with Gasteiger partial charge in [-0.15, -0.1) is 5.10 Å². The fraction of sp³-hybridized carbons (Fsp3) is 0.176. The average Bonchev–Trinajstić information content (AvgIpc) is 3.10. The lowest BCUT2D eigenvalue weighted by Gasteiger charge is -2.08. The molecule has 1 heterocycles. The van der Waals surface area contributed by atoms with E-state index >= 15 is 0 Å². The molecule has 0 bridgehead atoms. The molecule has 2 aromatic carbocycles. The van der Waals surface area contributed by atoms with Gasteiger partial charge in [-0.3, -0.25) is 4.79 Å². The molecule has 1 amide bonds. The number of nitrogens with zero attached hydrogens (tertiary/aromatic N) is 4. The zero-order valence-electron chi connectivity index (χ0n) is 14.2. The molecule has 3 aromatic rings. The molecule has 7 nitrogen and oxygen atoms in total. The Morgan fingerprint density at radius 3 is 2.78 bits per heavy atom. The van der Waals surface area contributed by atoms with Crippen molar-refractivity contribution in [2.45, 2.75) is 11.7 Å². The smallest absolute Gasteiger partial charge is 0.234 e. The Bertz CT molecular complexity index is 935. The first-order valence-corrected chi connectivity index (χ1v) is 9.97. The second kappa shape index (κ2) is 9.20. The molecule has 0 saturated heterocycles. The number of thioether (sulfide) groups is 1. The minimum atomic E-state index is -0.191. The highest BCUT2D eigenvalue weighted by Crippen LogP contribution is 2.26. The molecule has 3 rings (SSSR count). The number of carbonyl (C=O) groups excluding carboxylic acids is 1. The Hall–Kier alpha value is -2.10. The third-order valence-electron chi connectivity index (χ3n) is 3.53. The van der Waals surface area contributed by atoms with E-state index in [4.69, 9.17) is 16.3 Å². The third-order valence-corrected chi connectivity index (χ3v) is 5.29. The largest absolute Gasteiger partial charge is 0.497 e. The van der Waals surface area contributed by atoms with Gasteiger partial charge in [0, 0.05) is 4.47 Å². The van der Waals surface area contributed by atoms with Gasteiger partial charge in [0.15, 0.2) is 0 Å². The van der Waals surface area contributed by atoms with Crippen LogP contribution in [-0.2, 0) is 11.3 Å². The van der Waals surface area contributed by atoms with Gasteiger partial charge in [0.05, 0.1) is 30.1 Å². The minimum Gasteiger partial charge on any atom is -0.497 e. The maximum atomic E-state index is 12.2. The second-order valence-corrected chi connectivity index (χ2v) is 7.69. The van der Waals surface area contributed by atoms with Crippen molar-refractivity contribution in [3.8, 4) is 5.75 Å². The Morgan fingerprint density at radius 2 is 2.07 bits per heavy atom. The molecule has 0 fully saturated rings. The number of rotatable bonds is 7. The number of ether oxygens (including phenoxy) is 1. The van der Waals surface area contributed by atoms with E-state index in [9.17, 15) is 4.79 Å². The van der Waals surface area contributed by atoms with Gasteiger partial charge in [0.2, 0.25) is 11.1 Å². The molecular weight excluding hydrogens is 454 g/mol. The van der Waals surface area contributed by atoms with Crippen molar-refractivity contribution < 1.29 is 9.53 Å². The predicted octanol–water partition coefficient (Wildman–Crippen LogP) is 3.88. The molecule has 1 N–H and O–H groups in total. The van der Waals surface area contributed by atoms with E-state index in [0.29, 0.717) is 22.4 Å². The molecule has 0 atom stereocenters. The zero-order valence-corrected chi connectivity index (χ0v) is 17.4. The Labute approximate surface area is 173 Å². The van der Waals surface area contributed by atoms with E-state index in [2.05, 4.69) is 36.8 Å². The van der Waals surface area contributed by atoms with Crippen LogP contribution in [0, 0.1) is 0 Å². The van der Waals surface area contributed by atoms with Crippen LogP contribution in [-0.4, -0.2) is 39.0 Å². The van der Waals surface area contributed by atoms with Crippen molar-refractivity contribution in [3.63, 3.8) is 0 Å². The van der Waals surface area contributed by atoms with Crippen LogP contribution >= 0.6 is 39.3 Å². The van der Waals surface area contributed by atoms with Gasteiger partial charge < -0.3 is 10.1 Å². The maximum Gasteiger partial charge on any atom is 0.234 e. The first-order chi connectivity index (χ1) is 13.0. The lowest BCUT2D eigenvalue weighted by molar-refractivity contribution is -0.113. The van der Waals surface area contributed by atoms with Crippen LogP contribution in [0.15, 0.2) is 52.1 Å². The van der Waals surface area contributed by atoms with Crippen molar-refractivity contribution in [1.29, 1.82) is 0 Å². The third kappa shape index (κ3) is 5.44. The molecule has 1 aromatic heterocycles. The van der Waals surface area contributed by atoms with Crippen LogP contribution in [0.25, 0.3) is 0 Å². The fourth-order valence-electron chi connectivity index (χ4n) is 2.21. The number of hydrogen-bond donors (Lipinski definition) is 1. The molecule has 140 valence electrons. The molecule has 0 aliphatic carbocycles. The number of anilines is 1. The summed E-state index contributed by atoms with van der Waals surface area (Å²) in [5.41, 5.74) is 1.58. The van der Waals surface area contributed by atoms with Crippen molar-refractivity contribution in [3.05, 3.63) is 57.5 Å². The quantitative estimate of drug-likeness (QED) is 0.530. The van der Waals surface area contributed by atoms with E-state index in [-0.39, 0.29) is 11.7 Å². The minimum absolute atomic E-state index is 0.162. The number of halogens is 2. The summed E-state index contributed by atoms with van der Waals surface area (Å²) in [6, 6.07) is 12.9. The summed E-state index contributed by atoms with van der Waals surface area (Å²) in [5, 5.41) is 15.5. The summed E-state index contributed by atoms with van der Waals surface area (Å²) in [6.45, 7) is 0.499. The van der Waals surface area contributed by atoms with Crippen molar-refractivity contribution >= 4 is 50.9 Å². The number of methoxy groups -OCH3 is 1. The van der Waals surface area contributed by atoms with Gasteiger partial charge in [0.1, 0.15) is 5.75 Å². The van der Waals surface area contributed by atoms with Gasteiger partial charge in [-0.05, 0) is 46.3 Å². The Balaban J connectivity index is 1.58. The van der Waals surface area contributed by atoms with Crippen LogP contribution in [0.5, 0.6) is 5.75 Å². The summed E-state index contributed by atoms with van der Waals surface area (Å²) >= 11 is 10.7. The number of amides is 1. The van der Waals surface area contributed by atoms with E-state index in [1.807, 2.05) is 30.3 Å². The highest BCUT2D eigenvalue weighted by Gasteiger charge is 2.12. The Morgan fingerprint density at radius 1 is 1.30 bits per heavy atom. The normalized spacial score (nSPS) is 10.6. The first-order valence-electron chi connectivity index (χ1n) is 7.82. The molecule has 0 spiro atoms. The van der Waals surface area contributed by atoms with Crippen LogP contribution in [0.3, 0.4) is 0 Å². The number of tetrazole rings is 1. The Kier molecular flexibility index (Phi) is 6.70. The van der Waals surface area contributed by atoms with Crippen molar-refractivity contribution in [2.24, 2.45) is 0 Å². The molecule has 0 aliphatic heterocycles. The average molecular weight is 469 g/mol.